The first-order chi connectivity index (χ1) is 13.7. The Morgan fingerprint density at radius 3 is 2.41 bits per heavy atom. The Kier molecular flexibility index (Phi) is 6.42. The summed E-state index contributed by atoms with van der Waals surface area (Å²) in [5.41, 5.74) is 1.48. The highest BCUT2D eigenvalue weighted by Gasteiger charge is 2.30. The van der Waals surface area contributed by atoms with Gasteiger partial charge in [-0.1, -0.05) is 24.3 Å². The Bertz CT molecular complexity index is 866. The van der Waals surface area contributed by atoms with Gasteiger partial charge in [0.2, 0.25) is 5.91 Å². The maximum absolute atomic E-state index is 12.8. The third-order valence-corrected chi connectivity index (χ3v) is 5.32. The SMILES string of the molecule is C[N+]1(Cc2ccc(NC(=O)C=Cc3cccc(C(F)(F)F)c3)cc2)CCCCC1. The molecule has 0 aromatic heterocycles. The molecule has 6 heteroatoms. The highest BCUT2D eigenvalue weighted by Crippen LogP contribution is 2.29. The number of likely N-dealkylation sites (tertiary alicyclic amines) is 1. The van der Waals surface area contributed by atoms with Gasteiger partial charge in [0.1, 0.15) is 6.54 Å². The van der Waals surface area contributed by atoms with Crippen LogP contribution in [0.25, 0.3) is 6.08 Å². The van der Waals surface area contributed by atoms with Gasteiger partial charge in [0.15, 0.2) is 0 Å². The van der Waals surface area contributed by atoms with Crippen molar-refractivity contribution in [1.82, 2.24) is 0 Å². The van der Waals surface area contributed by atoms with Gasteiger partial charge in [-0.3, -0.25) is 4.79 Å². The van der Waals surface area contributed by atoms with Crippen molar-refractivity contribution in [3.63, 3.8) is 0 Å². The van der Waals surface area contributed by atoms with Gasteiger partial charge in [-0.05, 0) is 55.2 Å². The van der Waals surface area contributed by atoms with Gasteiger partial charge in [-0.2, -0.15) is 13.2 Å². The summed E-state index contributed by atoms with van der Waals surface area (Å²) in [4.78, 5) is 12.1. The quantitative estimate of drug-likeness (QED) is 0.519. The number of rotatable bonds is 5. The van der Waals surface area contributed by atoms with Crippen LogP contribution in [0.4, 0.5) is 18.9 Å². The van der Waals surface area contributed by atoms with Gasteiger partial charge in [0.25, 0.3) is 0 Å². The molecule has 154 valence electrons. The molecular weight excluding hydrogens is 377 g/mol. The van der Waals surface area contributed by atoms with Crippen LogP contribution in [0.3, 0.4) is 0 Å². The zero-order valence-electron chi connectivity index (χ0n) is 16.5. The first kappa shape index (κ1) is 21.1. The van der Waals surface area contributed by atoms with Gasteiger partial charge < -0.3 is 9.80 Å². The zero-order chi connectivity index (χ0) is 20.9. The summed E-state index contributed by atoms with van der Waals surface area (Å²) in [6.45, 7) is 3.36. The molecule has 0 atom stereocenters. The predicted octanol–water partition coefficient (Wildman–Crippen LogP) is 5.49. The summed E-state index contributed by atoms with van der Waals surface area (Å²) < 4.78 is 39.3. The maximum Gasteiger partial charge on any atom is 0.416 e. The number of carbonyl (C=O) groups excluding carboxylic acids is 1. The van der Waals surface area contributed by atoms with Crippen LogP contribution in [0.2, 0.25) is 0 Å². The summed E-state index contributed by atoms with van der Waals surface area (Å²) in [6, 6.07) is 12.6. The van der Waals surface area contributed by atoms with E-state index in [9.17, 15) is 18.0 Å². The Hall–Kier alpha value is -2.60. The number of carbonyl (C=O) groups is 1. The van der Waals surface area contributed by atoms with Crippen molar-refractivity contribution in [2.75, 3.05) is 25.5 Å². The highest BCUT2D eigenvalue weighted by molar-refractivity contribution is 6.01. The summed E-state index contributed by atoms with van der Waals surface area (Å²) in [6.07, 6.45) is 2.06. The molecule has 1 saturated heterocycles. The van der Waals surface area contributed by atoms with Crippen LogP contribution in [0.15, 0.2) is 54.6 Å². The zero-order valence-corrected chi connectivity index (χ0v) is 16.5. The number of halogens is 3. The molecule has 2 aromatic rings. The van der Waals surface area contributed by atoms with Crippen molar-refractivity contribution in [2.24, 2.45) is 0 Å². The summed E-state index contributed by atoms with van der Waals surface area (Å²) in [7, 11) is 2.29. The second kappa shape index (κ2) is 8.82. The number of hydrogen-bond acceptors (Lipinski definition) is 1. The van der Waals surface area contributed by atoms with Gasteiger partial charge in [0.05, 0.1) is 25.7 Å². The summed E-state index contributed by atoms with van der Waals surface area (Å²) >= 11 is 0. The number of hydrogen-bond donors (Lipinski definition) is 1. The predicted molar refractivity (Wildman–Crippen MR) is 109 cm³/mol. The number of anilines is 1. The molecule has 0 saturated carbocycles. The van der Waals surface area contributed by atoms with E-state index in [-0.39, 0.29) is 5.91 Å². The number of nitrogens with zero attached hydrogens (tertiary/aromatic N) is 1. The molecule has 0 radical (unpaired) electrons. The number of amides is 1. The smallest absolute Gasteiger partial charge is 0.323 e. The molecule has 1 heterocycles. The second-order valence-corrected chi connectivity index (χ2v) is 7.93. The maximum atomic E-state index is 12.8. The molecule has 1 fully saturated rings. The van der Waals surface area contributed by atoms with Crippen LogP contribution in [0.1, 0.15) is 36.0 Å². The molecule has 2 aromatic carbocycles. The topological polar surface area (TPSA) is 29.1 Å². The largest absolute Gasteiger partial charge is 0.416 e. The lowest BCUT2D eigenvalue weighted by molar-refractivity contribution is -0.926. The lowest BCUT2D eigenvalue weighted by Crippen LogP contribution is -2.46. The molecule has 0 unspecified atom stereocenters. The highest BCUT2D eigenvalue weighted by atomic mass is 19.4. The molecule has 1 N–H and O–H groups in total. The first-order valence-electron chi connectivity index (χ1n) is 9.82. The number of nitrogens with one attached hydrogen (secondary N) is 1. The fourth-order valence-corrected chi connectivity index (χ4v) is 3.74. The average Bonchev–Trinajstić information content (AvgIpc) is 2.68. The molecule has 1 amide bonds. The monoisotopic (exact) mass is 403 g/mol. The third kappa shape index (κ3) is 6.19. The van der Waals surface area contributed by atoms with Crippen LogP contribution in [-0.2, 0) is 17.5 Å². The Balaban J connectivity index is 1.57. The molecule has 0 spiro atoms. The van der Waals surface area contributed by atoms with Crippen LogP contribution in [-0.4, -0.2) is 30.5 Å². The van der Waals surface area contributed by atoms with Gasteiger partial charge >= 0.3 is 6.18 Å². The minimum absolute atomic E-state index is 0.323. The standard InChI is InChI=1S/C23H25F3N2O/c1-28(14-3-2-4-15-28)17-19-8-11-21(12-9-19)27-22(29)13-10-18-6-5-7-20(16-18)23(24,25)26/h5-13,16H,2-4,14-15,17H2,1H3/p+1. The van der Waals surface area contributed by atoms with Crippen LogP contribution in [0, 0.1) is 0 Å². The molecule has 0 bridgehead atoms. The molecule has 1 aliphatic rings. The van der Waals surface area contributed by atoms with Crippen LogP contribution < -0.4 is 5.32 Å². The fraction of sp³-hybridized carbons (Fsp3) is 0.348. The van der Waals surface area contributed by atoms with Gasteiger partial charge in [0, 0.05) is 17.3 Å². The van der Waals surface area contributed by atoms with E-state index in [2.05, 4.69) is 12.4 Å². The molecule has 3 rings (SSSR count). The fourth-order valence-electron chi connectivity index (χ4n) is 3.74. The minimum Gasteiger partial charge on any atom is -0.323 e. The van der Waals surface area contributed by atoms with E-state index in [0.29, 0.717) is 11.3 Å². The summed E-state index contributed by atoms with van der Waals surface area (Å²) in [5.74, 6) is -0.384. The molecule has 29 heavy (non-hydrogen) atoms. The number of quaternary nitrogens is 1. The lowest BCUT2D eigenvalue weighted by Gasteiger charge is -2.37. The van der Waals surface area contributed by atoms with E-state index in [1.165, 1.54) is 62.2 Å². The normalized spacial score (nSPS) is 16.7. The van der Waals surface area contributed by atoms with E-state index >= 15 is 0 Å². The minimum atomic E-state index is -4.40. The van der Waals surface area contributed by atoms with Crippen LogP contribution in [0.5, 0.6) is 0 Å². The third-order valence-electron chi connectivity index (χ3n) is 5.32. The Morgan fingerprint density at radius 2 is 1.76 bits per heavy atom. The van der Waals surface area contributed by atoms with Crippen molar-refractivity contribution in [3.8, 4) is 0 Å². The second-order valence-electron chi connectivity index (χ2n) is 7.93. The average molecular weight is 403 g/mol. The molecule has 0 aliphatic carbocycles. The Labute approximate surface area is 169 Å². The number of piperidine rings is 1. The Morgan fingerprint density at radius 1 is 1.07 bits per heavy atom. The van der Waals surface area contributed by atoms with E-state index in [0.717, 1.165) is 23.2 Å². The molecule has 3 nitrogen and oxygen atoms in total. The molecular formula is C23H26F3N2O+. The number of alkyl halides is 3. The van der Waals surface area contributed by atoms with Crippen molar-refractivity contribution in [2.45, 2.75) is 32.0 Å². The van der Waals surface area contributed by atoms with Crippen molar-refractivity contribution in [1.29, 1.82) is 0 Å². The van der Waals surface area contributed by atoms with E-state index in [4.69, 9.17) is 0 Å². The van der Waals surface area contributed by atoms with Crippen molar-refractivity contribution >= 4 is 17.7 Å². The van der Waals surface area contributed by atoms with Gasteiger partial charge in [-0.25, -0.2) is 0 Å². The van der Waals surface area contributed by atoms with E-state index in [1.807, 2.05) is 24.3 Å². The van der Waals surface area contributed by atoms with Crippen molar-refractivity contribution in [3.05, 3.63) is 71.3 Å². The number of benzene rings is 2. The first-order valence-corrected chi connectivity index (χ1v) is 9.82. The lowest BCUT2D eigenvalue weighted by atomic mass is 10.1. The summed E-state index contributed by atoms with van der Waals surface area (Å²) in [5, 5.41) is 2.74. The van der Waals surface area contributed by atoms with E-state index < -0.39 is 11.7 Å². The van der Waals surface area contributed by atoms with Gasteiger partial charge in [-0.15, -0.1) is 0 Å². The molecule has 1 aliphatic heterocycles. The van der Waals surface area contributed by atoms with Crippen LogP contribution >= 0.6 is 0 Å². The van der Waals surface area contributed by atoms with Crippen molar-refractivity contribution < 1.29 is 22.4 Å². The van der Waals surface area contributed by atoms with E-state index in [1.54, 1.807) is 0 Å².